The summed E-state index contributed by atoms with van der Waals surface area (Å²) in [5.74, 6) is 2.33. The Morgan fingerprint density at radius 2 is 1.11 bits per heavy atom. The van der Waals surface area contributed by atoms with Gasteiger partial charge in [-0.25, -0.2) is 14.4 Å². The molecule has 0 bridgehead atoms. The number of carbonyl (C=O) groups is 3. The van der Waals surface area contributed by atoms with E-state index in [1.54, 1.807) is 88.0 Å². The largest absolute Gasteiger partial charge is 0.490 e. The van der Waals surface area contributed by atoms with E-state index >= 15 is 0 Å². The minimum Gasteiger partial charge on any atom is -0.490 e. The van der Waals surface area contributed by atoms with E-state index in [9.17, 15) is 14.4 Å². The first-order chi connectivity index (χ1) is 25.6. The highest BCUT2D eigenvalue weighted by Gasteiger charge is 2.36. The first-order valence-electron chi connectivity index (χ1n) is 17.8. The summed E-state index contributed by atoms with van der Waals surface area (Å²) in [6, 6.07) is 24.9. The van der Waals surface area contributed by atoms with Crippen molar-refractivity contribution in [3.05, 3.63) is 110 Å². The Hall–Kier alpha value is -5.27. The maximum absolute atomic E-state index is 12.8. The molecule has 2 aliphatic rings. The highest BCUT2D eigenvalue weighted by molar-refractivity contribution is 5.85. The Morgan fingerprint density at radius 3 is 1.60 bits per heavy atom. The van der Waals surface area contributed by atoms with Gasteiger partial charge in [-0.05, 0) is 88.6 Å². The molecule has 6 rings (SSSR count). The first kappa shape index (κ1) is 44.1. The van der Waals surface area contributed by atoms with E-state index in [1.165, 1.54) is 0 Å². The molecule has 0 spiro atoms. The smallest absolute Gasteiger partial charge is 0.415 e. The van der Waals surface area contributed by atoms with Crippen LogP contribution in [-0.4, -0.2) is 100 Å². The van der Waals surface area contributed by atoms with Gasteiger partial charge < -0.3 is 33.5 Å². The second-order valence-electron chi connectivity index (χ2n) is 13.5. The summed E-state index contributed by atoms with van der Waals surface area (Å²) in [5.41, 5.74) is -0.595. The Bertz CT molecular complexity index is 1720. The summed E-state index contributed by atoms with van der Waals surface area (Å²) < 4.78 is 28.0. The van der Waals surface area contributed by atoms with Crippen molar-refractivity contribution in [3.8, 4) is 23.0 Å². The molecule has 2 aliphatic heterocycles. The number of hydrogen-bond donors (Lipinski definition) is 0. The van der Waals surface area contributed by atoms with E-state index in [0.717, 1.165) is 25.0 Å². The molecule has 0 aliphatic carbocycles. The van der Waals surface area contributed by atoms with Crippen LogP contribution in [0.3, 0.4) is 0 Å². The van der Waals surface area contributed by atoms with Gasteiger partial charge in [0.15, 0.2) is 0 Å². The van der Waals surface area contributed by atoms with E-state index in [2.05, 4.69) is 9.97 Å². The lowest BCUT2D eigenvalue weighted by Gasteiger charge is -2.40. The topological polar surface area (TPSA) is 133 Å². The molecule has 2 saturated heterocycles. The third kappa shape index (κ3) is 14.5. The molecular weight excluding hydrogens is 749 g/mol. The normalized spacial score (nSPS) is 16.5. The predicted octanol–water partition coefficient (Wildman–Crippen LogP) is 7.94. The molecule has 4 aromatic rings. The number of rotatable bonds is 8. The van der Waals surface area contributed by atoms with Crippen LogP contribution in [0.1, 0.15) is 40.0 Å². The molecule has 3 amide bonds. The molecule has 2 atom stereocenters. The monoisotopic (exact) mass is 797 g/mol. The number of pyridine rings is 2. The van der Waals surface area contributed by atoms with Crippen molar-refractivity contribution in [1.82, 2.24) is 24.7 Å². The van der Waals surface area contributed by atoms with Gasteiger partial charge in [-0.1, -0.05) is 36.4 Å². The van der Waals surface area contributed by atoms with Gasteiger partial charge in [-0.2, -0.15) is 0 Å². The Labute approximate surface area is 334 Å². The Morgan fingerprint density at radius 1 is 0.618 bits per heavy atom. The number of benzene rings is 2. The molecule has 2 aromatic heterocycles. The Kier molecular flexibility index (Phi) is 17.8. The number of piperidine rings is 1. The molecule has 0 N–H and O–H groups in total. The fourth-order valence-corrected chi connectivity index (χ4v) is 5.69. The van der Waals surface area contributed by atoms with Gasteiger partial charge >= 0.3 is 18.3 Å². The summed E-state index contributed by atoms with van der Waals surface area (Å²) in [6.45, 7) is 7.74. The molecule has 0 radical (unpaired) electrons. The van der Waals surface area contributed by atoms with Gasteiger partial charge in [0.1, 0.15) is 41.8 Å². The lowest BCUT2D eigenvalue weighted by molar-refractivity contribution is 0.000823. The number of likely N-dealkylation sites (tertiary alicyclic amines) is 1. The maximum Gasteiger partial charge on any atom is 0.415 e. The van der Waals surface area contributed by atoms with Crippen molar-refractivity contribution in [2.75, 3.05) is 39.4 Å². The standard InChI is InChI=1S/C22H27N3O5.C18H20N2O3.2ClH/c1-22(2,3)30-20(26)24-12-13-25(21(27)29-18-8-5-4-6-9-18)17(15-24)16-28-19-10-7-11-23-14-19;21-18(23-16-8-2-1-3-9-16)20-12-5-4-7-15(20)14-22-17-10-6-11-19-13-17;;/h4-11,14,17H,12-13,15-16H2,1-3H3;1-3,6,8-11,13,15H,4-5,7,12,14H2;2*1H. The number of carbonyl (C=O) groups excluding carboxylic acids is 3. The molecular formula is C40H49Cl2N5O8. The summed E-state index contributed by atoms with van der Waals surface area (Å²) in [5, 5.41) is 0. The van der Waals surface area contributed by atoms with Crippen LogP contribution in [0.2, 0.25) is 0 Å². The number of hydrogen-bond acceptors (Lipinski definition) is 10. The van der Waals surface area contributed by atoms with Crippen LogP contribution in [0.25, 0.3) is 0 Å². The fraction of sp³-hybridized carbons (Fsp3) is 0.375. The second kappa shape index (κ2) is 22.2. The molecule has 0 saturated carbocycles. The zero-order valence-electron chi connectivity index (χ0n) is 31.2. The Balaban J connectivity index is 0.000000294. The highest BCUT2D eigenvalue weighted by Crippen LogP contribution is 2.22. The quantitative estimate of drug-likeness (QED) is 0.173. The van der Waals surface area contributed by atoms with E-state index in [0.29, 0.717) is 43.5 Å². The van der Waals surface area contributed by atoms with Gasteiger partial charge in [-0.15, -0.1) is 24.8 Å². The lowest BCUT2D eigenvalue weighted by Crippen LogP contribution is -2.59. The van der Waals surface area contributed by atoms with Crippen molar-refractivity contribution in [1.29, 1.82) is 0 Å². The van der Waals surface area contributed by atoms with Crippen LogP contribution < -0.4 is 18.9 Å². The highest BCUT2D eigenvalue weighted by atomic mass is 35.5. The number of halogens is 2. The van der Waals surface area contributed by atoms with Crippen LogP contribution >= 0.6 is 24.8 Å². The minimum absolute atomic E-state index is 0. The minimum atomic E-state index is -0.595. The summed E-state index contributed by atoms with van der Waals surface area (Å²) in [7, 11) is 0. The van der Waals surface area contributed by atoms with Crippen molar-refractivity contribution < 1.29 is 38.1 Å². The van der Waals surface area contributed by atoms with Crippen molar-refractivity contribution in [3.63, 3.8) is 0 Å². The summed E-state index contributed by atoms with van der Waals surface area (Å²) in [6.07, 6.45) is 8.44. The number of ether oxygens (including phenoxy) is 5. The van der Waals surface area contributed by atoms with Crippen LogP contribution in [0.4, 0.5) is 14.4 Å². The van der Waals surface area contributed by atoms with E-state index in [-0.39, 0.29) is 50.1 Å². The molecule has 55 heavy (non-hydrogen) atoms. The molecule has 13 nitrogen and oxygen atoms in total. The zero-order valence-corrected chi connectivity index (χ0v) is 32.9. The van der Waals surface area contributed by atoms with Gasteiger partial charge in [0.05, 0.1) is 24.5 Å². The number of nitrogens with zero attached hydrogens (tertiary/aromatic N) is 5. The molecule has 2 fully saturated rings. The van der Waals surface area contributed by atoms with E-state index in [4.69, 9.17) is 23.7 Å². The SMILES string of the molecule is CC(C)(C)OC(=O)N1CCN(C(=O)Oc2ccccc2)C(COc2cccnc2)C1.Cl.Cl.O=C(Oc1ccccc1)N1CCCCC1COc1cccnc1. The number of amides is 3. The maximum atomic E-state index is 12.8. The average molecular weight is 799 g/mol. The molecule has 296 valence electrons. The summed E-state index contributed by atoms with van der Waals surface area (Å²) >= 11 is 0. The van der Waals surface area contributed by atoms with Gasteiger partial charge in [0.2, 0.25) is 0 Å². The average Bonchev–Trinajstić information content (AvgIpc) is 3.17. The molecule has 4 heterocycles. The second-order valence-corrected chi connectivity index (χ2v) is 13.5. The fourth-order valence-electron chi connectivity index (χ4n) is 5.69. The third-order valence-corrected chi connectivity index (χ3v) is 8.28. The van der Waals surface area contributed by atoms with Crippen LogP contribution in [0, 0.1) is 0 Å². The molecule has 2 unspecified atom stereocenters. The van der Waals surface area contributed by atoms with Gasteiger partial charge in [0.25, 0.3) is 0 Å². The van der Waals surface area contributed by atoms with Crippen molar-refractivity contribution in [2.45, 2.75) is 57.7 Å². The number of para-hydroxylation sites is 2. The number of aromatic nitrogens is 2. The van der Waals surface area contributed by atoms with E-state index in [1.807, 2.05) is 57.2 Å². The van der Waals surface area contributed by atoms with Crippen LogP contribution in [0.5, 0.6) is 23.0 Å². The van der Waals surface area contributed by atoms with Gasteiger partial charge in [0, 0.05) is 38.6 Å². The number of piperazine rings is 1. The van der Waals surface area contributed by atoms with Crippen molar-refractivity contribution >= 4 is 43.1 Å². The molecule has 15 heteroatoms. The predicted molar refractivity (Wildman–Crippen MR) is 212 cm³/mol. The lowest BCUT2D eigenvalue weighted by atomic mass is 10.0. The summed E-state index contributed by atoms with van der Waals surface area (Å²) in [4.78, 5) is 50.7. The van der Waals surface area contributed by atoms with Crippen molar-refractivity contribution in [2.24, 2.45) is 0 Å². The first-order valence-corrected chi connectivity index (χ1v) is 17.8. The van der Waals surface area contributed by atoms with Gasteiger partial charge in [-0.3, -0.25) is 14.9 Å². The molecule has 2 aromatic carbocycles. The van der Waals surface area contributed by atoms with Crippen LogP contribution in [0.15, 0.2) is 110 Å². The van der Waals surface area contributed by atoms with Crippen LogP contribution in [-0.2, 0) is 4.74 Å². The third-order valence-electron chi connectivity index (χ3n) is 8.28. The van der Waals surface area contributed by atoms with E-state index < -0.39 is 23.8 Å². The zero-order chi connectivity index (χ0) is 37.5.